The van der Waals surface area contributed by atoms with Crippen LogP contribution >= 0.6 is 0 Å². The summed E-state index contributed by atoms with van der Waals surface area (Å²) in [6.07, 6.45) is 0.192. The van der Waals surface area contributed by atoms with Crippen LogP contribution < -0.4 is 16.0 Å². The third kappa shape index (κ3) is 4.40. The van der Waals surface area contributed by atoms with Crippen molar-refractivity contribution < 1.29 is 39.9 Å². The molecular formula is C31H36N4O8. The summed E-state index contributed by atoms with van der Waals surface area (Å²) in [5, 5.41) is 58.8. The van der Waals surface area contributed by atoms with E-state index in [9.17, 15) is 39.9 Å². The summed E-state index contributed by atoms with van der Waals surface area (Å²) >= 11 is 0. The van der Waals surface area contributed by atoms with Crippen molar-refractivity contribution in [1.29, 1.82) is 0 Å². The molecule has 43 heavy (non-hydrogen) atoms. The van der Waals surface area contributed by atoms with Crippen LogP contribution in [-0.4, -0.2) is 87.7 Å². The zero-order valence-corrected chi connectivity index (χ0v) is 24.6. The van der Waals surface area contributed by atoms with Gasteiger partial charge in [-0.05, 0) is 68.6 Å². The third-order valence-electron chi connectivity index (χ3n) is 8.94. The van der Waals surface area contributed by atoms with Gasteiger partial charge in [0.05, 0.1) is 17.3 Å². The molecule has 3 aliphatic rings. The molecule has 4 unspecified atom stereocenters. The van der Waals surface area contributed by atoms with Crippen LogP contribution in [0.25, 0.3) is 0 Å². The first-order valence-electron chi connectivity index (χ1n) is 13.8. The number of hydrogen-bond acceptors (Lipinski definition) is 11. The molecule has 8 N–H and O–H groups in total. The van der Waals surface area contributed by atoms with Gasteiger partial charge in [-0.25, -0.2) is 0 Å². The first-order chi connectivity index (χ1) is 20.1. The van der Waals surface area contributed by atoms with E-state index in [0.29, 0.717) is 16.8 Å². The number of rotatable bonds is 6. The zero-order valence-electron chi connectivity index (χ0n) is 24.6. The number of amides is 1. The van der Waals surface area contributed by atoms with Gasteiger partial charge in [0.15, 0.2) is 11.4 Å². The van der Waals surface area contributed by atoms with Crippen molar-refractivity contribution in [1.82, 2.24) is 4.90 Å². The number of benzene rings is 2. The quantitative estimate of drug-likeness (QED) is 0.191. The van der Waals surface area contributed by atoms with Gasteiger partial charge in [0.1, 0.15) is 28.6 Å². The first kappa shape index (κ1) is 29.9. The number of carbonyl (C=O) groups excluding carboxylic acids is 3. The number of Topliss-reactive ketones (excluding diaryl/α,β-unsaturated/α-hetero) is 2. The van der Waals surface area contributed by atoms with Crippen LogP contribution in [0.15, 0.2) is 46.9 Å². The number of aliphatic hydroxyl groups is 3. The van der Waals surface area contributed by atoms with Crippen LogP contribution in [0.1, 0.15) is 33.5 Å². The Morgan fingerprint density at radius 1 is 1.09 bits per heavy atom. The zero-order chi connectivity index (χ0) is 31.7. The molecule has 0 radical (unpaired) electrons. The molecular weight excluding hydrogens is 556 g/mol. The molecule has 0 heterocycles. The van der Waals surface area contributed by atoms with E-state index in [1.807, 2.05) is 6.07 Å². The number of nitrogens with zero attached hydrogens (tertiary/aromatic N) is 2. The number of primary amides is 1. The molecule has 2 aromatic rings. The number of ketones is 2. The van der Waals surface area contributed by atoms with E-state index in [-0.39, 0.29) is 47.7 Å². The Bertz CT molecular complexity index is 1640. The number of anilines is 2. The van der Waals surface area contributed by atoms with Gasteiger partial charge in [0, 0.05) is 37.8 Å². The summed E-state index contributed by atoms with van der Waals surface area (Å²) in [7, 11) is 6.75. The lowest BCUT2D eigenvalue weighted by atomic mass is 9.58. The summed E-state index contributed by atoms with van der Waals surface area (Å²) in [6, 6.07) is 5.83. The van der Waals surface area contributed by atoms with E-state index in [2.05, 4.69) is 5.32 Å². The SMILES string of the molecule is Cc1ccc(CNc2cc(N(C)C)c3c(c2O)C(=O)C2=C(O)C4(O)C(=O)C(C(N)=O)=C(O)C(N(C)C)C4CC2C3)cc1O. The number of allylic oxidation sites excluding steroid dienone is 1. The average Bonchev–Trinajstić information content (AvgIpc) is 2.91. The minimum atomic E-state index is -2.70. The lowest BCUT2D eigenvalue weighted by Gasteiger charge is -2.50. The number of aliphatic hydroxyl groups excluding tert-OH is 2. The van der Waals surface area contributed by atoms with Crippen LogP contribution in [0.5, 0.6) is 11.5 Å². The molecule has 3 aliphatic carbocycles. The molecule has 12 heteroatoms. The topological polar surface area (TPSA) is 197 Å². The number of aryl methyl sites for hydroxylation is 1. The summed E-state index contributed by atoms with van der Waals surface area (Å²) in [4.78, 5) is 43.1. The molecule has 4 atom stereocenters. The monoisotopic (exact) mass is 592 g/mol. The fraction of sp³-hybridized carbons (Fsp3) is 0.387. The molecule has 1 amide bonds. The van der Waals surface area contributed by atoms with Crippen molar-refractivity contribution >= 4 is 28.8 Å². The second kappa shape index (κ2) is 10.3. The summed E-state index contributed by atoms with van der Waals surface area (Å²) < 4.78 is 0. The Labute approximate surface area is 248 Å². The molecule has 12 nitrogen and oxygen atoms in total. The molecule has 0 fully saturated rings. The second-order valence-electron chi connectivity index (χ2n) is 12.0. The molecule has 5 rings (SSSR count). The van der Waals surface area contributed by atoms with Gasteiger partial charge in [-0.1, -0.05) is 12.1 Å². The molecule has 0 spiro atoms. The maximum atomic E-state index is 14.1. The molecule has 0 aliphatic heterocycles. The molecule has 2 aromatic carbocycles. The Hall–Kier alpha value is -4.55. The van der Waals surface area contributed by atoms with Crippen molar-refractivity contribution in [2.75, 3.05) is 38.4 Å². The van der Waals surface area contributed by atoms with E-state index in [1.54, 1.807) is 58.2 Å². The lowest BCUT2D eigenvalue weighted by Crippen LogP contribution is -2.63. The van der Waals surface area contributed by atoms with Gasteiger partial charge in [-0.3, -0.25) is 19.3 Å². The number of nitrogens with one attached hydrogen (secondary N) is 1. The Kier molecular flexibility index (Phi) is 7.18. The molecule has 0 bridgehead atoms. The number of aromatic hydroxyl groups is 2. The van der Waals surface area contributed by atoms with Crippen molar-refractivity contribution in [2.24, 2.45) is 17.6 Å². The molecule has 0 aromatic heterocycles. The highest BCUT2D eigenvalue weighted by Crippen LogP contribution is 2.54. The van der Waals surface area contributed by atoms with Crippen LogP contribution in [0.3, 0.4) is 0 Å². The average molecular weight is 593 g/mol. The highest BCUT2D eigenvalue weighted by atomic mass is 16.3. The van der Waals surface area contributed by atoms with Gasteiger partial charge >= 0.3 is 0 Å². The maximum absolute atomic E-state index is 14.1. The van der Waals surface area contributed by atoms with Gasteiger partial charge in [-0.2, -0.15) is 0 Å². The van der Waals surface area contributed by atoms with Crippen molar-refractivity contribution in [3.8, 4) is 11.5 Å². The minimum Gasteiger partial charge on any atom is -0.510 e. The first-order valence-corrected chi connectivity index (χ1v) is 13.8. The Morgan fingerprint density at radius 2 is 1.77 bits per heavy atom. The number of likely N-dealkylation sites (N-methyl/N-ethyl adjacent to an activating group) is 1. The van der Waals surface area contributed by atoms with Crippen LogP contribution in [0.2, 0.25) is 0 Å². The predicted octanol–water partition coefficient (Wildman–Crippen LogP) is 1.81. The lowest BCUT2D eigenvalue weighted by molar-refractivity contribution is -0.148. The highest BCUT2D eigenvalue weighted by Gasteiger charge is 2.63. The van der Waals surface area contributed by atoms with E-state index >= 15 is 0 Å². The fourth-order valence-corrected chi connectivity index (χ4v) is 6.79. The number of phenolic OH excluding ortho intramolecular Hbond substituents is 2. The summed E-state index contributed by atoms with van der Waals surface area (Å²) in [6.45, 7) is 1.98. The Balaban J connectivity index is 1.64. The molecule has 228 valence electrons. The Morgan fingerprint density at radius 3 is 2.35 bits per heavy atom. The number of fused-ring (bicyclic) bond motifs is 3. The standard InChI is InChI=1S/C31H36N4O8/c1-13-6-7-14(8-20(13)36)12-33-18-11-19(34(2)3)16-9-15-10-17-24(35(4)5)27(39)23(30(32)42)29(41)31(17,43)28(40)21(15)26(38)22(16)25(18)37/h6-8,11,15,17,24,33,36-37,39-40,43H,9-10,12H2,1-5H3,(H2,32,42). The normalized spacial score (nSPS) is 25.0. The molecule has 0 saturated heterocycles. The molecule has 0 saturated carbocycles. The van der Waals surface area contributed by atoms with Crippen molar-refractivity contribution in [2.45, 2.75) is 38.0 Å². The highest BCUT2D eigenvalue weighted by molar-refractivity contribution is 6.25. The second-order valence-corrected chi connectivity index (χ2v) is 12.0. The predicted molar refractivity (Wildman–Crippen MR) is 158 cm³/mol. The minimum absolute atomic E-state index is 0.0102. The van der Waals surface area contributed by atoms with Gasteiger partial charge in [0.2, 0.25) is 5.78 Å². The van der Waals surface area contributed by atoms with Crippen LogP contribution in [0.4, 0.5) is 11.4 Å². The number of hydrogen-bond donors (Lipinski definition) is 7. The van der Waals surface area contributed by atoms with E-state index < -0.39 is 58.0 Å². The van der Waals surface area contributed by atoms with Crippen LogP contribution in [0, 0.1) is 18.8 Å². The maximum Gasteiger partial charge on any atom is 0.255 e. The van der Waals surface area contributed by atoms with E-state index in [0.717, 1.165) is 5.56 Å². The van der Waals surface area contributed by atoms with E-state index in [1.165, 1.54) is 4.90 Å². The number of nitrogens with two attached hydrogens (primary N) is 1. The largest absolute Gasteiger partial charge is 0.510 e. The van der Waals surface area contributed by atoms with Crippen molar-refractivity contribution in [3.05, 3.63) is 69.2 Å². The summed E-state index contributed by atoms with van der Waals surface area (Å²) in [5.74, 6) is -6.85. The van der Waals surface area contributed by atoms with Crippen LogP contribution in [-0.2, 0) is 22.6 Å². The van der Waals surface area contributed by atoms with Crippen molar-refractivity contribution in [3.63, 3.8) is 0 Å². The van der Waals surface area contributed by atoms with Gasteiger partial charge in [-0.15, -0.1) is 0 Å². The number of carbonyl (C=O) groups is 3. The fourth-order valence-electron chi connectivity index (χ4n) is 6.79. The summed E-state index contributed by atoms with van der Waals surface area (Å²) in [5.41, 5.74) is 4.38. The smallest absolute Gasteiger partial charge is 0.255 e. The van der Waals surface area contributed by atoms with Gasteiger partial charge < -0.3 is 41.5 Å². The van der Waals surface area contributed by atoms with Gasteiger partial charge in [0.25, 0.3) is 5.91 Å². The van der Waals surface area contributed by atoms with E-state index in [4.69, 9.17) is 5.73 Å². The third-order valence-corrected chi connectivity index (χ3v) is 8.94. The number of phenols is 2.